The minimum Gasteiger partial charge on any atom is -0.427 e. The molecule has 0 aliphatic rings. The highest BCUT2D eigenvalue weighted by atomic mass is 31.2. The van der Waals surface area contributed by atoms with E-state index in [0.29, 0.717) is 149 Å². The lowest BCUT2D eigenvalue weighted by Gasteiger charge is -2.53. The van der Waals surface area contributed by atoms with Crippen LogP contribution < -0.4 is 9.05 Å². The molecule has 0 aliphatic heterocycles. The van der Waals surface area contributed by atoms with Gasteiger partial charge >= 0.3 is 17.2 Å². The molecule has 0 atom stereocenters. The molecule has 0 unspecified atom stereocenters. The molecule has 16 heteroatoms. The largest absolute Gasteiger partial charge is 0.427 e. The minimum absolute atomic E-state index is 0.327. The van der Waals surface area contributed by atoms with Crippen LogP contribution in [0.5, 0.6) is 11.5 Å². The van der Waals surface area contributed by atoms with Crippen LogP contribution in [0.15, 0.2) is 48.5 Å². The van der Waals surface area contributed by atoms with E-state index in [1.165, 1.54) is 0 Å². The Morgan fingerprint density at radius 2 is 0.619 bits per heavy atom. The van der Waals surface area contributed by atoms with Gasteiger partial charge in [-0.2, -0.15) is 0 Å². The van der Waals surface area contributed by atoms with Crippen LogP contribution in [0.1, 0.15) is 122 Å². The van der Waals surface area contributed by atoms with Crippen molar-refractivity contribution in [3.8, 4) is 11.5 Å². The van der Waals surface area contributed by atoms with Crippen molar-refractivity contribution in [2.24, 2.45) is 5.41 Å². The average molecular weight is 933 g/mol. The van der Waals surface area contributed by atoms with Crippen molar-refractivity contribution in [3.63, 3.8) is 0 Å². The molecule has 4 N–H and O–H groups in total. The summed E-state index contributed by atoms with van der Waals surface area (Å²) in [5.74, 6) is 0.654. The number of rotatable bonds is 44. The summed E-state index contributed by atoms with van der Waals surface area (Å²) < 4.78 is 59.4. The van der Waals surface area contributed by atoms with Crippen LogP contribution in [0.3, 0.4) is 0 Å². The van der Waals surface area contributed by atoms with Gasteiger partial charge in [-0.15, -0.1) is 0 Å². The molecule has 0 aromatic heterocycles. The monoisotopic (exact) mass is 933 g/mol. The zero-order valence-electron chi connectivity index (χ0n) is 38.9. The first kappa shape index (κ1) is 57.5. The quantitative estimate of drug-likeness (QED) is 0.0366. The minimum atomic E-state index is -2.62. The topological polar surface area (TPSA) is 173 Å². The van der Waals surface area contributed by atoms with Crippen molar-refractivity contribution in [1.82, 2.24) is 0 Å². The maximum Gasteiger partial charge on any atom is 0.391 e. The average Bonchev–Trinajstić information content (AvgIpc) is 3.27. The maximum absolute atomic E-state index is 9.74. The first-order chi connectivity index (χ1) is 30.8. The Morgan fingerprint density at radius 1 is 0.349 bits per heavy atom. The molecular formula is C47H82O14P2. The summed E-state index contributed by atoms with van der Waals surface area (Å²) >= 11 is 0. The van der Waals surface area contributed by atoms with E-state index in [-0.39, 0.29) is 0 Å². The summed E-state index contributed by atoms with van der Waals surface area (Å²) in [6.45, 7) is 17.0. The van der Waals surface area contributed by atoms with E-state index < -0.39 is 28.0 Å². The fourth-order valence-corrected chi connectivity index (χ4v) is 8.27. The molecular weight excluding hydrogens is 850 g/mol. The van der Waals surface area contributed by atoms with Crippen molar-refractivity contribution in [1.29, 1.82) is 0 Å². The lowest BCUT2D eigenvalue weighted by atomic mass is 9.51. The zero-order chi connectivity index (χ0) is 45.7. The summed E-state index contributed by atoms with van der Waals surface area (Å²) in [5.41, 5.74) is 0.580. The van der Waals surface area contributed by atoms with Crippen molar-refractivity contribution < 1.29 is 66.5 Å². The van der Waals surface area contributed by atoms with Gasteiger partial charge < -0.3 is 66.5 Å². The van der Waals surface area contributed by atoms with Crippen LogP contribution in [-0.2, 0) is 43.3 Å². The molecule has 0 bridgehead atoms. The van der Waals surface area contributed by atoms with Gasteiger partial charge in [0, 0.05) is 58.3 Å². The fraction of sp³-hybridized carbons (Fsp3) is 0.745. The SMILES string of the molecule is CCCCOCCOCCCC(c1ccc(OP(O)O)cc1)(c1ccc(OP(O)O)cc1)C(CCOCCOCCCC)(CCOCCOCCCC)CCOCCOCCCC. The highest BCUT2D eigenvalue weighted by Crippen LogP contribution is 2.57. The summed E-state index contributed by atoms with van der Waals surface area (Å²) in [7, 11) is -5.25. The van der Waals surface area contributed by atoms with E-state index in [0.717, 1.165) is 62.5 Å². The third-order valence-electron chi connectivity index (χ3n) is 11.0. The summed E-state index contributed by atoms with van der Waals surface area (Å²) in [6.07, 6.45) is 11.4. The van der Waals surface area contributed by atoms with Crippen LogP contribution in [0.4, 0.5) is 0 Å². The van der Waals surface area contributed by atoms with Gasteiger partial charge in [-0.1, -0.05) is 77.6 Å². The molecule has 14 nitrogen and oxygen atoms in total. The molecule has 0 spiro atoms. The smallest absolute Gasteiger partial charge is 0.391 e. The molecule has 0 saturated carbocycles. The van der Waals surface area contributed by atoms with Crippen LogP contribution in [-0.4, -0.2) is 125 Å². The zero-order valence-corrected chi connectivity index (χ0v) is 40.7. The van der Waals surface area contributed by atoms with Crippen molar-refractivity contribution in [3.05, 3.63) is 59.7 Å². The first-order valence-corrected chi connectivity index (χ1v) is 25.7. The molecule has 0 aliphatic carbocycles. The van der Waals surface area contributed by atoms with Gasteiger partial charge in [-0.05, 0) is 98.6 Å². The molecule has 0 radical (unpaired) electrons. The Kier molecular flexibility index (Phi) is 34.3. The van der Waals surface area contributed by atoms with Crippen LogP contribution >= 0.6 is 17.2 Å². The van der Waals surface area contributed by atoms with E-state index >= 15 is 0 Å². The van der Waals surface area contributed by atoms with Gasteiger partial charge in [0.1, 0.15) is 11.5 Å². The van der Waals surface area contributed by atoms with Crippen LogP contribution in [0, 0.1) is 5.41 Å². The normalized spacial score (nSPS) is 12.2. The second kappa shape index (κ2) is 37.5. The molecule has 0 heterocycles. The second-order valence-electron chi connectivity index (χ2n) is 15.6. The summed E-state index contributed by atoms with van der Waals surface area (Å²) in [4.78, 5) is 39.0. The van der Waals surface area contributed by atoms with Gasteiger partial charge in [0.25, 0.3) is 0 Å². The molecule has 2 aromatic carbocycles. The Bertz CT molecular complexity index is 1220. The molecule has 63 heavy (non-hydrogen) atoms. The number of ether oxygens (including phenoxy) is 8. The van der Waals surface area contributed by atoms with Crippen LogP contribution in [0.25, 0.3) is 0 Å². The molecule has 2 aromatic rings. The van der Waals surface area contributed by atoms with E-state index in [4.69, 9.17) is 46.9 Å². The van der Waals surface area contributed by atoms with Gasteiger partial charge in [0.15, 0.2) is 0 Å². The van der Waals surface area contributed by atoms with Gasteiger partial charge in [0.2, 0.25) is 0 Å². The van der Waals surface area contributed by atoms with E-state index in [1.54, 1.807) is 24.3 Å². The standard InChI is InChI=1S/C47H82O14P2/c1-5-9-26-52-34-35-56-30-13-22-47(42-14-18-44(19-15-42)60-62(48)49,43-16-20-45(21-17-43)61-63(50)51)46(23-31-57-39-36-53-27-10-6-2,24-32-58-40-37-54-28-11-7-3)25-33-59-41-38-55-29-12-8-4/h14-21,48-51H,5-13,22-41H2,1-4H3. The highest BCUT2D eigenvalue weighted by Gasteiger charge is 2.52. The van der Waals surface area contributed by atoms with E-state index in [2.05, 4.69) is 27.7 Å². The predicted molar refractivity (Wildman–Crippen MR) is 249 cm³/mol. The van der Waals surface area contributed by atoms with Crippen molar-refractivity contribution >= 4 is 17.2 Å². The number of benzene rings is 2. The Morgan fingerprint density at radius 3 is 0.889 bits per heavy atom. The van der Waals surface area contributed by atoms with E-state index in [9.17, 15) is 19.6 Å². The van der Waals surface area contributed by atoms with E-state index in [1.807, 2.05) is 24.3 Å². The van der Waals surface area contributed by atoms with Crippen molar-refractivity contribution in [2.75, 3.05) is 106 Å². The van der Waals surface area contributed by atoms with Crippen LogP contribution in [0.2, 0.25) is 0 Å². The number of hydrogen-bond donors (Lipinski definition) is 4. The first-order valence-electron chi connectivity index (χ1n) is 23.3. The van der Waals surface area contributed by atoms with Gasteiger partial charge in [-0.3, -0.25) is 0 Å². The summed E-state index contributed by atoms with van der Waals surface area (Å²) in [5, 5.41) is 0. The predicted octanol–water partition coefficient (Wildman–Crippen LogP) is 9.42. The number of hydrogen-bond acceptors (Lipinski definition) is 14. The van der Waals surface area contributed by atoms with Gasteiger partial charge in [0.05, 0.1) is 52.9 Å². The lowest BCUT2D eigenvalue weighted by Crippen LogP contribution is -2.49. The maximum atomic E-state index is 9.74. The third kappa shape index (κ3) is 24.1. The summed E-state index contributed by atoms with van der Waals surface area (Å²) in [6, 6.07) is 15.0. The molecule has 0 saturated heterocycles. The Hall–Kier alpha value is -1.58. The Balaban J connectivity index is 2.74. The second-order valence-corrected chi connectivity index (χ2v) is 17.0. The lowest BCUT2D eigenvalue weighted by molar-refractivity contribution is -0.0309. The molecule has 0 fully saturated rings. The number of unbranched alkanes of at least 4 members (excludes halogenated alkanes) is 4. The highest BCUT2D eigenvalue weighted by molar-refractivity contribution is 7.40. The third-order valence-corrected chi connectivity index (χ3v) is 11.8. The molecule has 2 rings (SSSR count). The Labute approximate surface area is 381 Å². The fourth-order valence-electron chi connectivity index (χ4n) is 7.65. The molecule has 364 valence electrons. The van der Waals surface area contributed by atoms with Gasteiger partial charge in [-0.25, -0.2) is 0 Å². The van der Waals surface area contributed by atoms with Crippen molar-refractivity contribution in [2.45, 2.75) is 117 Å². The molecule has 0 amide bonds.